The van der Waals surface area contributed by atoms with Crippen LogP contribution in [0.1, 0.15) is 40.9 Å². The van der Waals surface area contributed by atoms with Crippen LogP contribution in [-0.4, -0.2) is 23.0 Å². The Labute approximate surface area is 151 Å². The van der Waals surface area contributed by atoms with Crippen molar-refractivity contribution >= 4 is 29.5 Å². The van der Waals surface area contributed by atoms with Gasteiger partial charge in [0.2, 0.25) is 0 Å². The van der Waals surface area contributed by atoms with Crippen LogP contribution in [-0.2, 0) is 11.3 Å². The Balaban J connectivity index is 1.72. The maximum atomic E-state index is 11.7. The molecule has 2 aromatic heterocycles. The average Bonchev–Trinajstić information content (AvgIpc) is 3.19. The lowest BCUT2D eigenvalue weighted by atomic mass is 9.96. The Morgan fingerprint density at radius 1 is 1.42 bits per heavy atom. The molecule has 0 bridgehead atoms. The highest BCUT2D eigenvalue weighted by Crippen LogP contribution is 2.28. The maximum Gasteiger partial charge on any atom is 0.357 e. The molecule has 4 rings (SSSR count). The van der Waals surface area contributed by atoms with E-state index in [1.54, 1.807) is 13.3 Å². The van der Waals surface area contributed by atoms with Crippen LogP contribution in [0.15, 0.2) is 30.5 Å². The highest BCUT2D eigenvalue weighted by Gasteiger charge is 2.25. The first-order valence-electron chi connectivity index (χ1n) is 8.59. The number of rotatable bonds is 4. The second kappa shape index (κ2) is 6.33. The molecule has 3 aromatic rings. The maximum absolute atomic E-state index is 11.7. The number of pyridine rings is 1. The van der Waals surface area contributed by atoms with Crippen LogP contribution in [0, 0.1) is 0 Å². The number of esters is 1. The molecule has 26 heavy (non-hydrogen) atoms. The fourth-order valence-corrected chi connectivity index (χ4v) is 3.54. The van der Waals surface area contributed by atoms with E-state index in [1.165, 1.54) is 5.56 Å². The zero-order chi connectivity index (χ0) is 18.3. The van der Waals surface area contributed by atoms with Gasteiger partial charge in [-0.3, -0.25) is 0 Å². The Kier molecular flexibility index (Phi) is 3.99. The Bertz CT molecular complexity index is 1110. The Hall–Kier alpha value is -3.08. The molecule has 1 N–H and O–H groups in total. The first kappa shape index (κ1) is 16.4. The number of benzene rings is 1. The molecule has 0 aliphatic carbocycles. The van der Waals surface area contributed by atoms with E-state index in [-0.39, 0.29) is 12.6 Å². The minimum absolute atomic E-state index is 0.260. The second-order valence-electron chi connectivity index (χ2n) is 6.55. The first-order valence-corrected chi connectivity index (χ1v) is 8.59. The van der Waals surface area contributed by atoms with Crippen molar-refractivity contribution in [1.29, 1.82) is 0 Å². The summed E-state index contributed by atoms with van der Waals surface area (Å²) in [5.41, 5.74) is 3.28. The number of H-pyrrole nitrogens is 1. The predicted molar refractivity (Wildman–Crippen MR) is 100 cm³/mol. The predicted octanol–water partition coefficient (Wildman–Crippen LogP) is 2.63. The summed E-state index contributed by atoms with van der Waals surface area (Å²) in [5, 5.41) is 2.78. The number of aromatic nitrogens is 2. The van der Waals surface area contributed by atoms with Crippen LogP contribution in [0.2, 0.25) is 0 Å². The largest absolute Gasteiger partial charge is 0.496 e. The first-order chi connectivity index (χ1) is 12.6. The number of hydrogen-bond acceptors (Lipinski definition) is 4. The van der Waals surface area contributed by atoms with E-state index in [4.69, 9.17) is 9.47 Å². The van der Waals surface area contributed by atoms with Gasteiger partial charge in [0.05, 0.1) is 18.8 Å². The highest BCUT2D eigenvalue weighted by molar-refractivity contribution is 5.98. The molecule has 1 atom stereocenters. The fourth-order valence-electron chi connectivity index (χ4n) is 3.54. The third-order valence-electron chi connectivity index (χ3n) is 4.96. The number of fused-ring (bicyclic) bond motifs is 3. The summed E-state index contributed by atoms with van der Waals surface area (Å²) in [6.07, 6.45) is 4.65. The average molecular weight is 348 g/mol. The number of carbonyl (C=O) groups is 1. The molecule has 0 saturated carbocycles. The van der Waals surface area contributed by atoms with Gasteiger partial charge in [-0.1, -0.05) is 37.8 Å². The molecular weight excluding hydrogens is 328 g/mol. The van der Waals surface area contributed by atoms with Crippen molar-refractivity contribution in [2.45, 2.75) is 25.9 Å². The normalized spacial score (nSPS) is 15.2. The monoisotopic (exact) mass is 348 g/mol. The fraction of sp³-hybridized carbons (Fsp3) is 0.238. The number of hydrogen-bond donors (Lipinski definition) is 1. The third-order valence-corrected chi connectivity index (χ3v) is 4.96. The molecule has 1 aliphatic rings. The van der Waals surface area contributed by atoms with Gasteiger partial charge in [-0.2, -0.15) is 0 Å². The zero-order valence-electron chi connectivity index (χ0n) is 14.8. The molecule has 0 fully saturated rings. The Morgan fingerprint density at radius 3 is 3.04 bits per heavy atom. The van der Waals surface area contributed by atoms with Gasteiger partial charge < -0.3 is 14.5 Å². The number of nitrogens with zero attached hydrogens (tertiary/aromatic N) is 1. The van der Waals surface area contributed by atoms with Gasteiger partial charge in [-0.25, -0.2) is 9.78 Å². The molecule has 0 amide bonds. The number of carbonyl (C=O) groups excluding carboxylic acids is 1. The van der Waals surface area contributed by atoms with E-state index >= 15 is 0 Å². The van der Waals surface area contributed by atoms with Crippen LogP contribution in [0.4, 0.5) is 0 Å². The third kappa shape index (κ3) is 2.56. The zero-order valence-corrected chi connectivity index (χ0v) is 14.8. The Morgan fingerprint density at radius 2 is 2.23 bits per heavy atom. The SMILES string of the molecule is C=c1/c(=C\CC(C)c2ccccc2OC)[nH]c2cnc3c(c12)COC3=O. The minimum Gasteiger partial charge on any atom is -0.496 e. The van der Waals surface area contributed by atoms with Crippen LogP contribution < -0.4 is 15.3 Å². The molecule has 0 radical (unpaired) electrons. The van der Waals surface area contributed by atoms with Crippen LogP contribution in [0.3, 0.4) is 0 Å². The van der Waals surface area contributed by atoms with E-state index in [1.807, 2.05) is 18.2 Å². The lowest BCUT2D eigenvalue weighted by molar-refractivity contribution is 0.0531. The molecule has 5 heteroatoms. The van der Waals surface area contributed by atoms with Gasteiger partial charge >= 0.3 is 5.97 Å². The quantitative estimate of drug-likeness (QED) is 0.736. The minimum atomic E-state index is -0.363. The summed E-state index contributed by atoms with van der Waals surface area (Å²) >= 11 is 0. The summed E-state index contributed by atoms with van der Waals surface area (Å²) in [4.78, 5) is 19.3. The van der Waals surface area contributed by atoms with E-state index in [0.717, 1.165) is 39.2 Å². The summed E-state index contributed by atoms with van der Waals surface area (Å²) < 4.78 is 10.6. The number of para-hydroxylation sites is 1. The molecule has 0 spiro atoms. The van der Waals surface area contributed by atoms with Gasteiger partial charge in [-0.15, -0.1) is 0 Å². The van der Waals surface area contributed by atoms with Gasteiger partial charge in [0, 0.05) is 21.5 Å². The van der Waals surface area contributed by atoms with Crippen molar-refractivity contribution < 1.29 is 14.3 Å². The van der Waals surface area contributed by atoms with Gasteiger partial charge in [-0.05, 0) is 24.0 Å². The molecule has 5 nitrogen and oxygen atoms in total. The summed E-state index contributed by atoms with van der Waals surface area (Å²) in [7, 11) is 1.69. The van der Waals surface area contributed by atoms with E-state index in [0.29, 0.717) is 11.6 Å². The lowest BCUT2D eigenvalue weighted by Gasteiger charge is -2.13. The highest BCUT2D eigenvalue weighted by atomic mass is 16.5. The number of ether oxygens (including phenoxy) is 2. The number of cyclic esters (lactones) is 1. The van der Waals surface area contributed by atoms with Crippen LogP contribution in [0.25, 0.3) is 23.6 Å². The van der Waals surface area contributed by atoms with Crippen LogP contribution >= 0.6 is 0 Å². The molecule has 1 aliphatic heterocycles. The smallest absolute Gasteiger partial charge is 0.357 e. The summed E-state index contributed by atoms with van der Waals surface area (Å²) in [6.45, 7) is 6.65. The molecule has 0 saturated heterocycles. The van der Waals surface area contributed by atoms with Crippen molar-refractivity contribution in [1.82, 2.24) is 9.97 Å². The second-order valence-corrected chi connectivity index (χ2v) is 6.55. The van der Waals surface area contributed by atoms with Gasteiger partial charge in [0.25, 0.3) is 0 Å². The summed E-state index contributed by atoms with van der Waals surface area (Å²) in [5.74, 6) is 0.834. The standard InChI is InChI=1S/C21H20N2O3/c1-12(14-6-4-5-7-18(14)25-3)8-9-16-13(2)19-15-11-26-21(24)20(15)22-10-17(19)23-16/h4-7,9-10,12,23H,2,8,11H2,1,3H3/b16-9+. The lowest BCUT2D eigenvalue weighted by Crippen LogP contribution is -2.21. The van der Waals surface area contributed by atoms with Gasteiger partial charge in [0.1, 0.15) is 12.4 Å². The topological polar surface area (TPSA) is 64.2 Å². The van der Waals surface area contributed by atoms with E-state index in [2.05, 4.69) is 35.6 Å². The van der Waals surface area contributed by atoms with Crippen molar-refractivity contribution in [2.24, 2.45) is 0 Å². The van der Waals surface area contributed by atoms with E-state index in [9.17, 15) is 4.79 Å². The van der Waals surface area contributed by atoms with Crippen molar-refractivity contribution in [3.63, 3.8) is 0 Å². The van der Waals surface area contributed by atoms with Gasteiger partial charge in [0.15, 0.2) is 5.69 Å². The van der Waals surface area contributed by atoms with Crippen molar-refractivity contribution in [3.05, 3.63) is 57.9 Å². The molecule has 1 aromatic carbocycles. The number of aromatic amines is 1. The van der Waals surface area contributed by atoms with Crippen molar-refractivity contribution in [3.8, 4) is 5.75 Å². The molecule has 132 valence electrons. The van der Waals surface area contributed by atoms with Crippen LogP contribution in [0.5, 0.6) is 5.75 Å². The van der Waals surface area contributed by atoms with Crippen molar-refractivity contribution in [2.75, 3.05) is 7.11 Å². The number of methoxy groups -OCH3 is 1. The van der Waals surface area contributed by atoms with E-state index < -0.39 is 0 Å². The molecule has 3 heterocycles. The number of nitrogens with one attached hydrogen (secondary N) is 1. The molecular formula is C21H20N2O3. The molecule has 1 unspecified atom stereocenters. The summed E-state index contributed by atoms with van der Waals surface area (Å²) in [6, 6.07) is 8.07.